The van der Waals surface area contributed by atoms with E-state index in [0.29, 0.717) is 19.7 Å². The number of anilines is 1. The number of likely N-dealkylation sites (N-methyl/N-ethyl adjacent to an activating group) is 1. The van der Waals surface area contributed by atoms with E-state index in [0.717, 1.165) is 12.3 Å². The number of nitrogens with one attached hydrogen (secondary N) is 2. The number of nitrogens with zero attached hydrogens (tertiary/aromatic N) is 2. The Labute approximate surface area is 129 Å². The van der Waals surface area contributed by atoms with Gasteiger partial charge in [-0.2, -0.15) is 18.3 Å². The number of ether oxygens (including phenoxy) is 1. The van der Waals surface area contributed by atoms with Crippen molar-refractivity contribution in [2.75, 3.05) is 32.1 Å². The van der Waals surface area contributed by atoms with Gasteiger partial charge in [0.1, 0.15) is 6.10 Å². The van der Waals surface area contributed by atoms with Gasteiger partial charge >= 0.3 is 6.18 Å². The number of alkyl halides is 3. The maximum atomic E-state index is 13.1. The molecule has 0 spiro atoms. The fraction of sp³-hybridized carbons (Fsp3) is 0.429. The molecule has 1 fully saturated rings. The van der Waals surface area contributed by atoms with E-state index in [-0.39, 0.29) is 16.6 Å². The Morgan fingerprint density at radius 2 is 2.26 bits per heavy atom. The highest BCUT2D eigenvalue weighted by Gasteiger charge is 2.34. The van der Waals surface area contributed by atoms with Gasteiger partial charge in [0.2, 0.25) is 0 Å². The Hall–Kier alpha value is -2.13. The molecule has 1 saturated heterocycles. The Morgan fingerprint density at radius 1 is 1.48 bits per heavy atom. The molecule has 0 saturated carbocycles. The van der Waals surface area contributed by atoms with Crippen LogP contribution in [0.25, 0.3) is 10.9 Å². The summed E-state index contributed by atoms with van der Waals surface area (Å²) in [7, 11) is 1.85. The summed E-state index contributed by atoms with van der Waals surface area (Å²) in [6.07, 6.45) is -4.13. The topological polar surface area (TPSA) is 70.2 Å². The Kier molecular flexibility index (Phi) is 3.99. The van der Waals surface area contributed by atoms with Gasteiger partial charge in [-0.25, -0.2) is 0 Å². The van der Waals surface area contributed by atoms with Crippen molar-refractivity contribution in [3.8, 4) is 0 Å². The summed E-state index contributed by atoms with van der Waals surface area (Å²) < 4.78 is 44.8. The lowest BCUT2D eigenvalue weighted by molar-refractivity contribution is -0.136. The highest BCUT2D eigenvalue weighted by molar-refractivity contribution is 5.97. The normalized spacial score (nSPS) is 19.9. The van der Waals surface area contributed by atoms with Crippen LogP contribution >= 0.6 is 0 Å². The first-order valence-corrected chi connectivity index (χ1v) is 7.00. The second kappa shape index (κ2) is 5.82. The molecule has 3 rings (SSSR count). The van der Waals surface area contributed by atoms with E-state index < -0.39 is 23.8 Å². The van der Waals surface area contributed by atoms with Crippen molar-refractivity contribution in [2.45, 2.75) is 12.3 Å². The minimum absolute atomic E-state index is 0.0378. The number of aromatic nitrogens is 2. The molecular weight excluding hydrogens is 313 g/mol. The third-order valence-electron chi connectivity index (χ3n) is 3.69. The van der Waals surface area contributed by atoms with E-state index in [4.69, 9.17) is 4.74 Å². The number of fused-ring (bicyclic) bond motifs is 1. The molecule has 9 heteroatoms. The van der Waals surface area contributed by atoms with Crippen LogP contribution in [0.5, 0.6) is 0 Å². The summed E-state index contributed by atoms with van der Waals surface area (Å²) in [4.78, 5) is 14.1. The van der Waals surface area contributed by atoms with Crippen LogP contribution < -0.4 is 5.32 Å². The molecule has 1 aliphatic rings. The predicted molar refractivity (Wildman–Crippen MR) is 77.0 cm³/mol. The number of carbonyl (C=O) groups excluding carboxylic acids is 1. The van der Waals surface area contributed by atoms with Gasteiger partial charge in [0.15, 0.2) is 0 Å². The number of hydrogen-bond acceptors (Lipinski definition) is 4. The molecule has 2 N–H and O–H groups in total. The molecule has 1 aromatic heterocycles. The van der Waals surface area contributed by atoms with Gasteiger partial charge in [0, 0.05) is 24.2 Å². The number of aromatic amines is 1. The average Bonchev–Trinajstić information content (AvgIpc) is 2.93. The second-order valence-corrected chi connectivity index (χ2v) is 5.46. The van der Waals surface area contributed by atoms with Crippen molar-refractivity contribution in [1.82, 2.24) is 15.1 Å². The Morgan fingerprint density at radius 3 is 2.96 bits per heavy atom. The molecule has 0 radical (unpaired) electrons. The maximum Gasteiger partial charge on any atom is 0.417 e. The first kappa shape index (κ1) is 15.8. The number of rotatable bonds is 2. The number of carbonyl (C=O) groups is 1. The molecule has 0 aliphatic carbocycles. The predicted octanol–water partition coefficient (Wildman–Crippen LogP) is 1.85. The van der Waals surface area contributed by atoms with Crippen LogP contribution in [-0.4, -0.2) is 53.9 Å². The fourth-order valence-electron chi connectivity index (χ4n) is 2.52. The number of halogens is 3. The highest BCUT2D eigenvalue weighted by Crippen LogP contribution is 2.36. The van der Waals surface area contributed by atoms with Crippen LogP contribution in [0.4, 0.5) is 18.9 Å². The summed E-state index contributed by atoms with van der Waals surface area (Å²) in [6.45, 7) is 1.51. The van der Waals surface area contributed by atoms with Crippen molar-refractivity contribution in [1.29, 1.82) is 0 Å². The minimum Gasteiger partial charge on any atom is -0.366 e. The summed E-state index contributed by atoms with van der Waals surface area (Å²) in [6, 6.07) is 2.32. The molecule has 6 nitrogen and oxygen atoms in total. The van der Waals surface area contributed by atoms with Gasteiger partial charge in [-0.3, -0.25) is 9.89 Å². The maximum absolute atomic E-state index is 13.1. The lowest BCUT2D eigenvalue weighted by Gasteiger charge is -2.29. The highest BCUT2D eigenvalue weighted by atomic mass is 19.4. The SMILES string of the molecule is CN1CCOC(C(=O)Nc2cc(C(F)(F)F)c3cn[nH]c3c2)C1. The van der Waals surface area contributed by atoms with Crippen molar-refractivity contribution in [3.63, 3.8) is 0 Å². The van der Waals surface area contributed by atoms with E-state index >= 15 is 0 Å². The van der Waals surface area contributed by atoms with Crippen molar-refractivity contribution < 1.29 is 22.7 Å². The monoisotopic (exact) mass is 328 g/mol. The number of H-pyrrole nitrogens is 1. The number of hydrogen-bond donors (Lipinski definition) is 2. The smallest absolute Gasteiger partial charge is 0.366 e. The molecule has 1 aromatic carbocycles. The van der Waals surface area contributed by atoms with Gasteiger partial charge in [0.05, 0.1) is 23.9 Å². The summed E-state index contributed by atoms with van der Waals surface area (Å²) in [5, 5.41) is 8.57. The third-order valence-corrected chi connectivity index (χ3v) is 3.69. The quantitative estimate of drug-likeness (QED) is 0.883. The number of morpholine rings is 1. The summed E-state index contributed by atoms with van der Waals surface area (Å²) >= 11 is 0. The Balaban J connectivity index is 1.86. The molecule has 1 aliphatic heterocycles. The van der Waals surface area contributed by atoms with E-state index in [1.54, 1.807) is 0 Å². The van der Waals surface area contributed by atoms with Crippen LogP contribution in [0.1, 0.15) is 5.56 Å². The molecule has 1 amide bonds. The zero-order valence-corrected chi connectivity index (χ0v) is 12.3. The van der Waals surface area contributed by atoms with E-state index in [1.807, 2.05) is 11.9 Å². The molecule has 2 aromatic rings. The largest absolute Gasteiger partial charge is 0.417 e. The zero-order chi connectivity index (χ0) is 16.6. The standard InChI is InChI=1S/C14H15F3N4O2/c1-21-2-3-23-12(7-21)13(22)19-8-4-10(14(15,16)17)9-6-18-20-11(9)5-8/h4-6,12H,2-3,7H2,1H3,(H,18,20)(H,19,22). The molecular formula is C14H15F3N4O2. The minimum atomic E-state index is -4.54. The average molecular weight is 328 g/mol. The summed E-state index contributed by atoms with van der Waals surface area (Å²) in [5.74, 6) is -0.469. The Bertz CT molecular complexity index is 728. The lowest BCUT2D eigenvalue weighted by atomic mass is 10.1. The summed E-state index contributed by atoms with van der Waals surface area (Å²) in [5.41, 5.74) is -0.589. The lowest BCUT2D eigenvalue weighted by Crippen LogP contribution is -2.46. The molecule has 2 heterocycles. The van der Waals surface area contributed by atoms with Crippen molar-refractivity contribution >= 4 is 22.5 Å². The molecule has 0 bridgehead atoms. The van der Waals surface area contributed by atoms with Crippen LogP contribution in [0.3, 0.4) is 0 Å². The molecule has 124 valence electrons. The van der Waals surface area contributed by atoms with Gasteiger partial charge in [0.25, 0.3) is 5.91 Å². The van der Waals surface area contributed by atoms with Crippen molar-refractivity contribution in [3.05, 3.63) is 23.9 Å². The zero-order valence-electron chi connectivity index (χ0n) is 12.3. The molecule has 23 heavy (non-hydrogen) atoms. The van der Waals surface area contributed by atoms with Crippen LogP contribution in [0.2, 0.25) is 0 Å². The van der Waals surface area contributed by atoms with Crippen molar-refractivity contribution in [2.24, 2.45) is 0 Å². The number of benzene rings is 1. The molecule has 1 atom stereocenters. The first-order valence-electron chi connectivity index (χ1n) is 7.00. The van der Waals surface area contributed by atoms with Gasteiger partial charge in [-0.1, -0.05) is 0 Å². The van der Waals surface area contributed by atoms with Gasteiger partial charge < -0.3 is 15.0 Å². The van der Waals surface area contributed by atoms with E-state index in [1.165, 1.54) is 6.07 Å². The van der Waals surface area contributed by atoms with E-state index in [9.17, 15) is 18.0 Å². The third kappa shape index (κ3) is 3.30. The fourth-order valence-corrected chi connectivity index (χ4v) is 2.52. The van der Waals surface area contributed by atoms with Crippen LogP contribution in [0, 0.1) is 0 Å². The first-order chi connectivity index (χ1) is 10.8. The van der Waals surface area contributed by atoms with Crippen LogP contribution in [0.15, 0.2) is 18.3 Å². The number of amides is 1. The van der Waals surface area contributed by atoms with Crippen LogP contribution in [-0.2, 0) is 15.7 Å². The van der Waals surface area contributed by atoms with Gasteiger partial charge in [-0.15, -0.1) is 0 Å². The van der Waals surface area contributed by atoms with E-state index in [2.05, 4.69) is 15.5 Å². The second-order valence-electron chi connectivity index (χ2n) is 5.46. The van der Waals surface area contributed by atoms with Gasteiger partial charge in [-0.05, 0) is 19.2 Å². The molecule has 1 unspecified atom stereocenters.